The van der Waals surface area contributed by atoms with E-state index in [-0.39, 0.29) is 11.5 Å². The molecule has 0 atom stereocenters. The van der Waals surface area contributed by atoms with E-state index in [0.29, 0.717) is 42.5 Å². The molecule has 0 aliphatic heterocycles. The number of aryl methyl sites for hydroxylation is 2. The molecule has 0 unspecified atom stereocenters. The highest BCUT2D eigenvalue weighted by molar-refractivity contribution is 5.77. The molecule has 1 N–H and O–H groups in total. The third kappa shape index (κ3) is 4.17. The summed E-state index contributed by atoms with van der Waals surface area (Å²) in [6, 6.07) is 15.4. The van der Waals surface area contributed by atoms with Crippen LogP contribution in [0.1, 0.15) is 29.8 Å². The number of benzene rings is 2. The van der Waals surface area contributed by atoms with Gasteiger partial charge < -0.3 is 9.88 Å². The van der Waals surface area contributed by atoms with Gasteiger partial charge in [-0.15, -0.1) is 0 Å². The first kappa shape index (κ1) is 17.9. The molecule has 0 aliphatic carbocycles. The summed E-state index contributed by atoms with van der Waals surface area (Å²) in [5, 5.41) is 0.588. The molecule has 3 aromatic rings. The van der Waals surface area contributed by atoms with E-state index in [0.717, 1.165) is 5.56 Å². The van der Waals surface area contributed by atoms with E-state index in [4.69, 9.17) is 0 Å². The van der Waals surface area contributed by atoms with Gasteiger partial charge in [-0.3, -0.25) is 9.59 Å². The van der Waals surface area contributed by atoms with E-state index < -0.39 is 0 Å². The summed E-state index contributed by atoms with van der Waals surface area (Å²) in [6.45, 7) is 2.66. The van der Waals surface area contributed by atoms with Crippen LogP contribution in [0.25, 0.3) is 10.9 Å². The molecule has 1 amide bonds. The van der Waals surface area contributed by atoms with Crippen molar-refractivity contribution >= 4 is 16.8 Å². The summed E-state index contributed by atoms with van der Waals surface area (Å²) in [7, 11) is 1.82. The second kappa shape index (κ2) is 7.95. The van der Waals surface area contributed by atoms with Crippen LogP contribution in [0.5, 0.6) is 0 Å². The first-order chi connectivity index (χ1) is 12.5. The van der Waals surface area contributed by atoms with Crippen molar-refractivity contribution < 1.29 is 4.79 Å². The fourth-order valence-electron chi connectivity index (χ4n) is 2.98. The van der Waals surface area contributed by atoms with Crippen LogP contribution in [0.3, 0.4) is 0 Å². The lowest BCUT2D eigenvalue weighted by Gasteiger charge is -2.18. The predicted octanol–water partition coefficient (Wildman–Crippen LogP) is 3.21. The Balaban J connectivity index is 1.57. The van der Waals surface area contributed by atoms with E-state index in [9.17, 15) is 9.59 Å². The van der Waals surface area contributed by atoms with E-state index in [1.165, 1.54) is 5.56 Å². The van der Waals surface area contributed by atoms with Crippen LogP contribution < -0.4 is 5.56 Å². The lowest BCUT2D eigenvalue weighted by molar-refractivity contribution is -0.130. The maximum absolute atomic E-state index is 12.4. The Morgan fingerprint density at radius 3 is 2.65 bits per heavy atom. The molecule has 2 aromatic carbocycles. The predicted molar refractivity (Wildman–Crippen MR) is 103 cm³/mol. The van der Waals surface area contributed by atoms with Crippen LogP contribution >= 0.6 is 0 Å². The molecule has 5 nitrogen and oxygen atoms in total. The molecule has 0 saturated carbocycles. The molecule has 0 radical (unpaired) electrons. The quantitative estimate of drug-likeness (QED) is 0.743. The second-order valence-electron chi connectivity index (χ2n) is 6.56. The number of hydrogen-bond donors (Lipinski definition) is 1. The highest BCUT2D eigenvalue weighted by atomic mass is 16.2. The van der Waals surface area contributed by atoms with Crippen molar-refractivity contribution in [1.29, 1.82) is 0 Å². The molecule has 0 aliphatic rings. The number of fused-ring (bicyclic) bond motifs is 1. The molecule has 5 heteroatoms. The average Bonchev–Trinajstić information content (AvgIpc) is 2.63. The third-order valence-electron chi connectivity index (χ3n) is 4.56. The van der Waals surface area contributed by atoms with Crippen LogP contribution in [0.4, 0.5) is 0 Å². The average molecular weight is 349 g/mol. The van der Waals surface area contributed by atoms with Gasteiger partial charge in [-0.25, -0.2) is 4.98 Å². The Hall–Kier alpha value is -2.95. The van der Waals surface area contributed by atoms with Crippen molar-refractivity contribution in [3.8, 4) is 0 Å². The monoisotopic (exact) mass is 349 g/mol. The first-order valence-corrected chi connectivity index (χ1v) is 8.81. The number of carbonyl (C=O) groups excluding carboxylic acids is 1. The fraction of sp³-hybridized carbons (Fsp3) is 0.286. The Bertz CT molecular complexity index is 978. The van der Waals surface area contributed by atoms with Gasteiger partial charge in [0, 0.05) is 26.4 Å². The number of aromatic amines is 1. The highest BCUT2D eigenvalue weighted by Crippen LogP contribution is 2.11. The molecule has 26 heavy (non-hydrogen) atoms. The second-order valence-corrected chi connectivity index (χ2v) is 6.56. The Morgan fingerprint density at radius 1 is 1.12 bits per heavy atom. The van der Waals surface area contributed by atoms with Gasteiger partial charge in [-0.1, -0.05) is 36.4 Å². The number of nitrogens with zero attached hydrogens (tertiary/aromatic N) is 2. The largest absolute Gasteiger partial charge is 0.341 e. The molecule has 0 fully saturated rings. The van der Waals surface area contributed by atoms with Crippen LogP contribution in [0.2, 0.25) is 0 Å². The van der Waals surface area contributed by atoms with Gasteiger partial charge in [0.1, 0.15) is 5.82 Å². The summed E-state index contributed by atoms with van der Waals surface area (Å²) in [5.41, 5.74) is 2.90. The van der Waals surface area contributed by atoms with Gasteiger partial charge in [0.2, 0.25) is 5.91 Å². The number of amides is 1. The highest BCUT2D eigenvalue weighted by Gasteiger charge is 2.11. The standard InChI is InChI=1S/C21H23N3O2/c1-15-8-3-4-9-16(15)14-24(2)20(25)13-7-12-19-22-18-11-6-5-10-17(18)21(26)23-19/h3-6,8-11H,7,12-14H2,1-2H3,(H,22,23,26). The molecular formula is C21H23N3O2. The van der Waals surface area contributed by atoms with Crippen LogP contribution in [0, 0.1) is 6.92 Å². The number of rotatable bonds is 6. The lowest BCUT2D eigenvalue weighted by atomic mass is 10.1. The summed E-state index contributed by atoms with van der Waals surface area (Å²) < 4.78 is 0. The van der Waals surface area contributed by atoms with Gasteiger partial charge in [0.15, 0.2) is 0 Å². The van der Waals surface area contributed by atoms with E-state index >= 15 is 0 Å². The summed E-state index contributed by atoms with van der Waals surface area (Å²) in [4.78, 5) is 33.5. The zero-order valence-corrected chi connectivity index (χ0v) is 15.2. The summed E-state index contributed by atoms with van der Waals surface area (Å²) >= 11 is 0. The van der Waals surface area contributed by atoms with Gasteiger partial charge in [-0.2, -0.15) is 0 Å². The minimum absolute atomic E-state index is 0.0939. The Morgan fingerprint density at radius 2 is 1.85 bits per heavy atom. The molecule has 0 bridgehead atoms. The number of aromatic nitrogens is 2. The minimum Gasteiger partial charge on any atom is -0.341 e. The normalized spacial score (nSPS) is 10.8. The van der Waals surface area contributed by atoms with Crippen molar-refractivity contribution in [3.63, 3.8) is 0 Å². The molecule has 1 aromatic heterocycles. The van der Waals surface area contributed by atoms with Crippen molar-refractivity contribution in [1.82, 2.24) is 14.9 Å². The molecule has 134 valence electrons. The number of nitrogens with one attached hydrogen (secondary N) is 1. The van der Waals surface area contributed by atoms with E-state index in [1.54, 1.807) is 11.0 Å². The van der Waals surface area contributed by atoms with Crippen LogP contribution in [-0.4, -0.2) is 27.8 Å². The van der Waals surface area contributed by atoms with Crippen molar-refractivity contribution in [2.24, 2.45) is 0 Å². The zero-order valence-electron chi connectivity index (χ0n) is 15.2. The first-order valence-electron chi connectivity index (χ1n) is 8.81. The SMILES string of the molecule is Cc1ccccc1CN(C)C(=O)CCCc1nc2ccccc2c(=O)[nH]1. The van der Waals surface area contributed by atoms with Crippen LogP contribution in [0.15, 0.2) is 53.3 Å². The van der Waals surface area contributed by atoms with Gasteiger partial charge in [0.25, 0.3) is 5.56 Å². The number of para-hydroxylation sites is 1. The summed E-state index contributed by atoms with van der Waals surface area (Å²) in [5.74, 6) is 0.722. The zero-order chi connectivity index (χ0) is 18.5. The molecule has 3 rings (SSSR count). The van der Waals surface area contributed by atoms with Gasteiger partial charge >= 0.3 is 0 Å². The molecule has 0 saturated heterocycles. The van der Waals surface area contributed by atoms with E-state index in [1.807, 2.05) is 43.4 Å². The maximum Gasteiger partial charge on any atom is 0.258 e. The topological polar surface area (TPSA) is 66.1 Å². The number of hydrogen-bond acceptors (Lipinski definition) is 3. The van der Waals surface area contributed by atoms with Crippen molar-refractivity contribution in [2.45, 2.75) is 32.7 Å². The lowest BCUT2D eigenvalue weighted by Crippen LogP contribution is -2.26. The third-order valence-corrected chi connectivity index (χ3v) is 4.56. The van der Waals surface area contributed by atoms with Crippen LogP contribution in [-0.2, 0) is 17.8 Å². The summed E-state index contributed by atoms with van der Waals surface area (Å²) in [6.07, 6.45) is 1.65. The molecular weight excluding hydrogens is 326 g/mol. The molecule has 1 heterocycles. The van der Waals surface area contributed by atoms with Gasteiger partial charge in [-0.05, 0) is 36.6 Å². The fourth-order valence-corrected chi connectivity index (χ4v) is 2.98. The van der Waals surface area contributed by atoms with E-state index in [2.05, 4.69) is 23.0 Å². The smallest absolute Gasteiger partial charge is 0.258 e. The van der Waals surface area contributed by atoms with Crippen molar-refractivity contribution in [3.05, 3.63) is 75.8 Å². The molecule has 0 spiro atoms. The van der Waals surface area contributed by atoms with Crippen molar-refractivity contribution in [2.75, 3.05) is 7.05 Å². The Kier molecular flexibility index (Phi) is 5.46. The number of H-pyrrole nitrogens is 1. The number of carbonyl (C=O) groups is 1. The maximum atomic E-state index is 12.4. The van der Waals surface area contributed by atoms with Gasteiger partial charge in [0.05, 0.1) is 10.9 Å². The Labute approximate surface area is 152 Å². The minimum atomic E-state index is -0.131.